The van der Waals surface area contributed by atoms with Gasteiger partial charge in [0.2, 0.25) is 11.8 Å². The maximum atomic E-state index is 12.9. The third-order valence-electron chi connectivity index (χ3n) is 4.39. The number of rotatable bonds is 9. The van der Waals surface area contributed by atoms with E-state index in [4.69, 9.17) is 23.2 Å². The molecule has 0 spiro atoms. The monoisotopic (exact) mass is 487 g/mol. The van der Waals surface area contributed by atoms with Gasteiger partial charge in [0.15, 0.2) is 0 Å². The molecule has 0 saturated carbocycles. The molecule has 2 unspecified atom stereocenters. The molecule has 0 aliphatic carbocycles. The molecule has 2 rings (SSSR count). The summed E-state index contributed by atoms with van der Waals surface area (Å²) in [5, 5.41) is 5.70. The smallest absolute Gasteiger partial charge is 0.337 e. The van der Waals surface area contributed by atoms with Crippen LogP contribution in [0, 0.1) is 5.92 Å². The first-order chi connectivity index (χ1) is 14.5. The molecule has 0 fully saturated rings. The number of amides is 2. The lowest BCUT2D eigenvalue weighted by Crippen LogP contribution is -2.48. The van der Waals surface area contributed by atoms with E-state index in [2.05, 4.69) is 15.6 Å². The van der Waals surface area contributed by atoms with Crippen molar-refractivity contribution in [2.45, 2.75) is 38.4 Å². The lowest BCUT2D eigenvalue weighted by atomic mass is 10.0. The number of carbonyl (C=O) groups excluding carboxylic acids is 2. The van der Waals surface area contributed by atoms with Crippen molar-refractivity contribution in [3.8, 4) is 0 Å². The van der Waals surface area contributed by atoms with E-state index in [1.54, 1.807) is 44.4 Å². The van der Waals surface area contributed by atoms with Crippen molar-refractivity contribution >= 4 is 48.3 Å². The molecule has 8 nitrogen and oxygen atoms in total. The topological polar surface area (TPSA) is 129 Å². The summed E-state index contributed by atoms with van der Waals surface area (Å²) in [6.45, 7) is 3.50. The Kier molecular flexibility index (Phi) is 9.03. The molecule has 11 heteroatoms. The summed E-state index contributed by atoms with van der Waals surface area (Å²) in [7, 11) is -4.72. The molecule has 2 amide bonds. The second-order valence-electron chi connectivity index (χ2n) is 7.48. The van der Waals surface area contributed by atoms with Crippen LogP contribution < -0.4 is 10.6 Å². The number of anilines is 1. The van der Waals surface area contributed by atoms with E-state index in [-0.39, 0.29) is 23.8 Å². The highest BCUT2D eigenvalue weighted by Gasteiger charge is 2.37. The number of nitrogens with zero attached hydrogens (tertiary/aromatic N) is 1. The van der Waals surface area contributed by atoms with Gasteiger partial charge in [-0.2, -0.15) is 0 Å². The Balaban J connectivity index is 2.26. The van der Waals surface area contributed by atoms with Crippen LogP contribution >= 0.6 is 30.8 Å². The molecule has 1 aromatic heterocycles. The van der Waals surface area contributed by atoms with Gasteiger partial charge in [-0.1, -0.05) is 43.1 Å². The molecule has 0 bridgehead atoms. The molecule has 31 heavy (non-hydrogen) atoms. The van der Waals surface area contributed by atoms with E-state index in [1.165, 1.54) is 12.1 Å². The zero-order valence-electron chi connectivity index (χ0n) is 17.0. The summed E-state index contributed by atoms with van der Waals surface area (Å²) in [5.74, 6) is -1.60. The predicted octanol–water partition coefficient (Wildman–Crippen LogP) is 3.65. The third-order valence-corrected chi connectivity index (χ3v) is 6.38. The second kappa shape index (κ2) is 11.1. The standard InChI is InChI=1S/C20H24Cl2N3O5P/c1-12(2)8-18(31(28,29)30)20(27)25-17(9-13-4-3-7-23-11-13)19(26)24-14-5-6-15(21)16(22)10-14/h3-7,10-12,17-18H,8-9H2,1-2H3,(H,24,26)(H,25,27)(H2,28,29,30). The van der Waals surface area contributed by atoms with Crippen molar-refractivity contribution < 1.29 is 23.9 Å². The first-order valence-corrected chi connectivity index (χ1v) is 11.9. The highest BCUT2D eigenvalue weighted by atomic mass is 35.5. The van der Waals surface area contributed by atoms with Gasteiger partial charge in [-0.25, -0.2) is 0 Å². The van der Waals surface area contributed by atoms with E-state index in [0.717, 1.165) is 0 Å². The molecule has 2 aromatic rings. The van der Waals surface area contributed by atoms with Crippen LogP contribution in [0.2, 0.25) is 10.0 Å². The Labute approximate surface area is 190 Å². The Morgan fingerprint density at radius 2 is 1.84 bits per heavy atom. The molecule has 0 saturated heterocycles. The Morgan fingerprint density at radius 3 is 2.39 bits per heavy atom. The van der Waals surface area contributed by atoms with Crippen molar-refractivity contribution in [1.82, 2.24) is 10.3 Å². The lowest BCUT2D eigenvalue weighted by Gasteiger charge is -2.24. The molecule has 2 atom stereocenters. The van der Waals surface area contributed by atoms with Gasteiger partial charge in [-0.15, -0.1) is 0 Å². The molecule has 168 valence electrons. The predicted molar refractivity (Wildman–Crippen MR) is 120 cm³/mol. The molecule has 4 N–H and O–H groups in total. The van der Waals surface area contributed by atoms with Crippen LogP contribution in [-0.4, -0.2) is 38.3 Å². The summed E-state index contributed by atoms with van der Waals surface area (Å²) in [4.78, 5) is 48.9. The van der Waals surface area contributed by atoms with E-state index >= 15 is 0 Å². The molecular formula is C20H24Cl2N3O5P. The molecule has 1 aromatic carbocycles. The second-order valence-corrected chi connectivity index (χ2v) is 10.1. The van der Waals surface area contributed by atoms with Crippen LogP contribution in [0.3, 0.4) is 0 Å². The fraction of sp³-hybridized carbons (Fsp3) is 0.350. The van der Waals surface area contributed by atoms with Gasteiger partial charge in [0.25, 0.3) is 0 Å². The van der Waals surface area contributed by atoms with E-state index in [0.29, 0.717) is 16.3 Å². The number of hydrogen-bond acceptors (Lipinski definition) is 4. The van der Waals surface area contributed by atoms with Crippen LogP contribution in [-0.2, 0) is 20.6 Å². The maximum absolute atomic E-state index is 12.9. The lowest BCUT2D eigenvalue weighted by molar-refractivity contribution is -0.126. The number of benzene rings is 1. The summed E-state index contributed by atoms with van der Waals surface area (Å²) in [6, 6.07) is 6.83. The summed E-state index contributed by atoms with van der Waals surface area (Å²) >= 11 is 11.9. The molecular weight excluding hydrogens is 464 g/mol. The van der Waals surface area contributed by atoms with Crippen molar-refractivity contribution in [3.63, 3.8) is 0 Å². The van der Waals surface area contributed by atoms with Crippen LogP contribution in [0.25, 0.3) is 0 Å². The Hall–Kier alpha value is -1.96. The number of aromatic nitrogens is 1. The van der Waals surface area contributed by atoms with Crippen LogP contribution in [0.5, 0.6) is 0 Å². The van der Waals surface area contributed by atoms with Gasteiger partial charge < -0.3 is 20.4 Å². The van der Waals surface area contributed by atoms with Crippen molar-refractivity contribution in [2.24, 2.45) is 5.92 Å². The number of hydrogen-bond donors (Lipinski definition) is 4. The van der Waals surface area contributed by atoms with Crippen LogP contribution in [0.1, 0.15) is 25.8 Å². The van der Waals surface area contributed by atoms with Crippen molar-refractivity contribution in [3.05, 3.63) is 58.3 Å². The van der Waals surface area contributed by atoms with Crippen molar-refractivity contribution in [2.75, 3.05) is 5.32 Å². The molecule has 0 radical (unpaired) electrons. The quantitative estimate of drug-likeness (QED) is 0.399. The zero-order valence-corrected chi connectivity index (χ0v) is 19.4. The maximum Gasteiger partial charge on any atom is 0.337 e. The molecule has 0 aliphatic rings. The Morgan fingerprint density at radius 1 is 1.13 bits per heavy atom. The fourth-order valence-corrected chi connectivity index (χ4v) is 4.25. The van der Waals surface area contributed by atoms with E-state index in [9.17, 15) is 23.9 Å². The zero-order chi connectivity index (χ0) is 23.2. The molecule has 0 aliphatic heterocycles. The molecule has 1 heterocycles. The van der Waals surface area contributed by atoms with E-state index in [1.807, 2.05) is 0 Å². The summed E-state index contributed by atoms with van der Waals surface area (Å²) in [5.41, 5.74) is -0.533. The highest BCUT2D eigenvalue weighted by molar-refractivity contribution is 7.53. The van der Waals surface area contributed by atoms with Gasteiger partial charge in [0.1, 0.15) is 11.7 Å². The number of pyridine rings is 1. The van der Waals surface area contributed by atoms with Gasteiger partial charge in [0, 0.05) is 24.5 Å². The highest BCUT2D eigenvalue weighted by Crippen LogP contribution is 2.44. The number of carbonyl (C=O) groups is 2. The minimum atomic E-state index is -4.72. The SMILES string of the molecule is CC(C)CC(C(=O)NC(Cc1cccnc1)C(=O)Nc1ccc(Cl)c(Cl)c1)P(=O)(O)O. The largest absolute Gasteiger partial charge is 0.343 e. The number of halogens is 2. The fourth-order valence-electron chi connectivity index (χ4n) is 2.88. The van der Waals surface area contributed by atoms with Gasteiger partial charge in [-0.3, -0.25) is 19.1 Å². The van der Waals surface area contributed by atoms with Crippen LogP contribution in [0.15, 0.2) is 42.7 Å². The number of nitrogens with one attached hydrogen (secondary N) is 2. The summed E-state index contributed by atoms with van der Waals surface area (Å²) < 4.78 is 11.9. The summed E-state index contributed by atoms with van der Waals surface area (Å²) in [6.07, 6.45) is 3.16. The average molecular weight is 488 g/mol. The van der Waals surface area contributed by atoms with Gasteiger partial charge in [0.05, 0.1) is 10.0 Å². The van der Waals surface area contributed by atoms with Gasteiger partial charge in [-0.05, 0) is 42.2 Å². The van der Waals surface area contributed by atoms with Crippen LogP contribution in [0.4, 0.5) is 5.69 Å². The average Bonchev–Trinajstić information content (AvgIpc) is 2.68. The minimum absolute atomic E-state index is 0.0237. The normalized spacial score (nSPS) is 13.5. The van der Waals surface area contributed by atoms with Crippen molar-refractivity contribution in [1.29, 1.82) is 0 Å². The first kappa shape index (κ1) is 25.3. The Bertz CT molecular complexity index is 969. The van der Waals surface area contributed by atoms with E-state index < -0.39 is 31.1 Å². The minimum Gasteiger partial charge on any atom is -0.343 e. The van der Waals surface area contributed by atoms with Gasteiger partial charge >= 0.3 is 7.60 Å². The first-order valence-electron chi connectivity index (χ1n) is 9.47. The third kappa shape index (κ3) is 7.91.